The summed E-state index contributed by atoms with van der Waals surface area (Å²) in [6.07, 6.45) is 2.77. The normalized spacial score (nSPS) is 12.0. The van der Waals surface area contributed by atoms with Gasteiger partial charge in [0, 0.05) is 23.1 Å². The maximum Gasteiger partial charge on any atom is 0.407 e. The molecule has 0 aromatic carbocycles. The van der Waals surface area contributed by atoms with Gasteiger partial charge in [-0.3, -0.25) is 0 Å². The molecule has 0 saturated carbocycles. The largest absolute Gasteiger partial charge is 0.444 e. The lowest BCUT2D eigenvalue weighted by molar-refractivity contribution is 0.0507. The predicted octanol–water partition coefficient (Wildman–Crippen LogP) is 3.89. The van der Waals surface area contributed by atoms with Gasteiger partial charge < -0.3 is 10.1 Å². The Bertz CT molecular complexity index is 541. The third-order valence-corrected chi connectivity index (χ3v) is 2.90. The summed E-state index contributed by atoms with van der Waals surface area (Å²) in [5.41, 5.74) is 0.257. The molecule has 114 valence electrons. The quantitative estimate of drug-likeness (QED) is 0.839. The zero-order valence-corrected chi connectivity index (χ0v) is 14.5. The van der Waals surface area contributed by atoms with Crippen LogP contribution in [0.15, 0.2) is 22.8 Å². The Morgan fingerprint density at radius 3 is 2.86 bits per heavy atom. The number of halogens is 1. The van der Waals surface area contributed by atoms with Crippen LogP contribution in [0.3, 0.4) is 0 Å². The Morgan fingerprint density at radius 1 is 1.52 bits per heavy atom. The van der Waals surface area contributed by atoms with E-state index < -0.39 is 11.7 Å². The minimum atomic E-state index is -0.476. The van der Waals surface area contributed by atoms with Gasteiger partial charge in [0.25, 0.3) is 0 Å². The summed E-state index contributed by atoms with van der Waals surface area (Å²) in [4.78, 5) is 15.7. The number of aromatic nitrogens is 1. The third-order valence-electron chi connectivity index (χ3n) is 2.40. The molecule has 0 bridgehead atoms. The van der Waals surface area contributed by atoms with E-state index in [1.807, 2.05) is 39.8 Å². The molecule has 1 aromatic rings. The number of nitrogens with one attached hydrogen (secondary N) is 1. The van der Waals surface area contributed by atoms with Gasteiger partial charge in [0.05, 0.1) is 0 Å². The molecule has 0 unspecified atom stereocenters. The molecule has 1 amide bonds. The second-order valence-corrected chi connectivity index (χ2v) is 6.66. The Labute approximate surface area is 134 Å². The fourth-order valence-electron chi connectivity index (χ4n) is 1.50. The lowest BCUT2D eigenvalue weighted by atomic mass is 10.2. The average molecular weight is 353 g/mol. The number of pyridine rings is 1. The Balaban J connectivity index is 2.34. The van der Waals surface area contributed by atoms with E-state index in [1.54, 1.807) is 6.20 Å². The summed E-state index contributed by atoms with van der Waals surface area (Å²) >= 11 is 3.38. The smallest absolute Gasteiger partial charge is 0.407 e. The van der Waals surface area contributed by atoms with Crippen LogP contribution in [-0.4, -0.2) is 22.7 Å². The third kappa shape index (κ3) is 8.36. The van der Waals surface area contributed by atoms with Crippen molar-refractivity contribution < 1.29 is 9.53 Å². The van der Waals surface area contributed by atoms with Crippen molar-refractivity contribution in [2.45, 2.75) is 52.2 Å². The van der Waals surface area contributed by atoms with E-state index >= 15 is 0 Å². The van der Waals surface area contributed by atoms with Crippen LogP contribution in [0.25, 0.3) is 0 Å². The Hall–Kier alpha value is -1.54. The van der Waals surface area contributed by atoms with Crippen molar-refractivity contribution in [2.75, 3.05) is 0 Å². The molecule has 4 nitrogen and oxygen atoms in total. The SMILES string of the molecule is C[C@H](CCC#Cc1cc(Br)ccn1)NC(=O)OC(C)(C)C. The van der Waals surface area contributed by atoms with Crippen LogP contribution in [0.5, 0.6) is 0 Å². The lowest BCUT2D eigenvalue weighted by Gasteiger charge is -2.21. The highest BCUT2D eigenvalue weighted by Crippen LogP contribution is 2.09. The van der Waals surface area contributed by atoms with Crippen molar-refractivity contribution in [3.8, 4) is 11.8 Å². The van der Waals surface area contributed by atoms with E-state index in [-0.39, 0.29) is 6.04 Å². The van der Waals surface area contributed by atoms with E-state index in [1.165, 1.54) is 0 Å². The van der Waals surface area contributed by atoms with Crippen LogP contribution in [-0.2, 0) is 4.74 Å². The second kappa shape index (κ2) is 8.04. The van der Waals surface area contributed by atoms with Crippen LogP contribution in [0.4, 0.5) is 4.79 Å². The molecule has 0 saturated heterocycles. The monoisotopic (exact) mass is 352 g/mol. The molecular weight excluding hydrogens is 332 g/mol. The zero-order chi connectivity index (χ0) is 15.9. The molecular formula is C16H21BrN2O2. The number of hydrogen-bond acceptors (Lipinski definition) is 3. The first-order valence-electron chi connectivity index (χ1n) is 6.86. The summed E-state index contributed by atoms with van der Waals surface area (Å²) < 4.78 is 6.16. The van der Waals surface area contributed by atoms with Gasteiger partial charge in [0.1, 0.15) is 11.3 Å². The van der Waals surface area contributed by atoms with Gasteiger partial charge in [-0.1, -0.05) is 21.9 Å². The first-order chi connectivity index (χ1) is 9.76. The average Bonchev–Trinajstić information content (AvgIpc) is 2.32. The minimum absolute atomic E-state index is 0.0182. The Kier molecular flexibility index (Phi) is 6.70. The van der Waals surface area contributed by atoms with E-state index in [0.29, 0.717) is 6.42 Å². The molecule has 0 aliphatic carbocycles. The molecule has 1 N–H and O–H groups in total. The van der Waals surface area contributed by atoms with E-state index in [0.717, 1.165) is 16.6 Å². The van der Waals surface area contributed by atoms with Crippen molar-refractivity contribution in [3.63, 3.8) is 0 Å². The molecule has 1 aromatic heterocycles. The van der Waals surface area contributed by atoms with Crippen molar-refractivity contribution >= 4 is 22.0 Å². The number of amides is 1. The highest BCUT2D eigenvalue weighted by Gasteiger charge is 2.17. The number of carbonyl (C=O) groups is 1. The number of carbonyl (C=O) groups excluding carboxylic acids is 1. The van der Waals surface area contributed by atoms with Crippen molar-refractivity contribution in [1.29, 1.82) is 0 Å². The topological polar surface area (TPSA) is 51.2 Å². The van der Waals surface area contributed by atoms with E-state index in [9.17, 15) is 4.79 Å². The van der Waals surface area contributed by atoms with Crippen molar-refractivity contribution in [3.05, 3.63) is 28.5 Å². The van der Waals surface area contributed by atoms with Gasteiger partial charge in [-0.15, -0.1) is 0 Å². The summed E-state index contributed by atoms with van der Waals surface area (Å²) in [6, 6.07) is 3.75. The van der Waals surface area contributed by atoms with E-state index in [4.69, 9.17) is 4.74 Å². The summed E-state index contributed by atoms with van der Waals surface area (Å²) in [5, 5.41) is 2.79. The number of hydrogen-bond donors (Lipinski definition) is 1. The van der Waals surface area contributed by atoms with Crippen LogP contribution in [0.1, 0.15) is 46.2 Å². The summed E-state index contributed by atoms with van der Waals surface area (Å²) in [7, 11) is 0. The zero-order valence-electron chi connectivity index (χ0n) is 12.9. The second-order valence-electron chi connectivity index (χ2n) is 5.75. The molecule has 0 aliphatic rings. The van der Waals surface area contributed by atoms with Gasteiger partial charge in [-0.25, -0.2) is 9.78 Å². The van der Waals surface area contributed by atoms with Gasteiger partial charge >= 0.3 is 6.09 Å². The minimum Gasteiger partial charge on any atom is -0.444 e. The first kappa shape index (κ1) is 17.5. The molecule has 5 heteroatoms. The summed E-state index contributed by atoms with van der Waals surface area (Å²) in [5.74, 6) is 6.05. The van der Waals surface area contributed by atoms with Gasteiger partial charge in [-0.2, -0.15) is 0 Å². The van der Waals surface area contributed by atoms with Crippen LogP contribution in [0, 0.1) is 11.8 Å². The molecule has 0 aliphatic heterocycles. The fourth-order valence-corrected chi connectivity index (χ4v) is 1.83. The molecule has 1 heterocycles. The molecule has 0 fully saturated rings. The maximum atomic E-state index is 11.6. The van der Waals surface area contributed by atoms with Gasteiger partial charge in [-0.05, 0) is 52.2 Å². The highest BCUT2D eigenvalue weighted by molar-refractivity contribution is 9.10. The van der Waals surface area contributed by atoms with Crippen LogP contribution >= 0.6 is 15.9 Å². The van der Waals surface area contributed by atoms with Crippen LogP contribution < -0.4 is 5.32 Å². The predicted molar refractivity (Wildman–Crippen MR) is 86.9 cm³/mol. The first-order valence-corrected chi connectivity index (χ1v) is 7.65. The Morgan fingerprint density at radius 2 is 2.24 bits per heavy atom. The molecule has 0 radical (unpaired) electrons. The molecule has 1 atom stereocenters. The lowest BCUT2D eigenvalue weighted by Crippen LogP contribution is -2.37. The van der Waals surface area contributed by atoms with Gasteiger partial charge in [0.15, 0.2) is 0 Å². The van der Waals surface area contributed by atoms with Gasteiger partial charge in [0.2, 0.25) is 0 Å². The number of ether oxygens (including phenoxy) is 1. The van der Waals surface area contributed by atoms with Crippen LogP contribution in [0.2, 0.25) is 0 Å². The maximum absolute atomic E-state index is 11.6. The van der Waals surface area contributed by atoms with E-state index in [2.05, 4.69) is 38.1 Å². The number of rotatable bonds is 3. The molecule has 21 heavy (non-hydrogen) atoms. The summed E-state index contributed by atoms with van der Waals surface area (Å²) in [6.45, 7) is 7.46. The number of nitrogens with zero attached hydrogens (tertiary/aromatic N) is 1. The highest BCUT2D eigenvalue weighted by atomic mass is 79.9. The molecule has 1 rings (SSSR count). The van der Waals surface area contributed by atoms with Crippen molar-refractivity contribution in [2.24, 2.45) is 0 Å². The molecule has 0 spiro atoms. The standard InChI is InChI=1S/C16H21BrN2O2/c1-12(19-15(20)21-16(2,3)4)7-5-6-8-14-11-13(17)9-10-18-14/h9-12H,5,7H2,1-4H3,(H,19,20)/t12-/m1/s1. The fraction of sp³-hybridized carbons (Fsp3) is 0.500. The van der Waals surface area contributed by atoms with Crippen molar-refractivity contribution in [1.82, 2.24) is 10.3 Å². The number of alkyl carbamates (subject to hydrolysis) is 1.